The SMILES string of the molecule is CC(=O)[C@]1(O)CC2CC3=C(C(=O)c4c(O)cccc4C3=O)C(O)C2[C@@H](OC2CC(N)C(O)C(C)O2)C1. The third-order valence-corrected chi connectivity index (χ3v) is 8.33. The van der Waals surface area contributed by atoms with Gasteiger partial charge >= 0.3 is 0 Å². The van der Waals surface area contributed by atoms with E-state index in [1.807, 2.05) is 0 Å². The number of phenols is 1. The number of hydrogen-bond acceptors (Lipinski definition) is 10. The highest BCUT2D eigenvalue weighted by molar-refractivity contribution is 6.28. The highest BCUT2D eigenvalue weighted by Gasteiger charge is 2.56. The zero-order chi connectivity index (χ0) is 26.1. The summed E-state index contributed by atoms with van der Waals surface area (Å²) in [6.45, 7) is 2.93. The van der Waals surface area contributed by atoms with Gasteiger partial charge in [0.2, 0.25) is 0 Å². The van der Waals surface area contributed by atoms with Crippen molar-refractivity contribution in [1.82, 2.24) is 0 Å². The molecule has 6 N–H and O–H groups in total. The normalized spacial score (nSPS) is 40.4. The van der Waals surface area contributed by atoms with Crippen molar-refractivity contribution >= 4 is 17.3 Å². The number of nitrogens with two attached hydrogens (primary N) is 1. The van der Waals surface area contributed by atoms with E-state index in [0.717, 1.165) is 0 Å². The van der Waals surface area contributed by atoms with E-state index in [4.69, 9.17) is 15.2 Å². The lowest BCUT2D eigenvalue weighted by atomic mass is 9.59. The average molecular weight is 502 g/mol. The molecule has 0 amide bonds. The third-order valence-electron chi connectivity index (χ3n) is 8.33. The van der Waals surface area contributed by atoms with E-state index >= 15 is 0 Å². The van der Waals surface area contributed by atoms with Crippen molar-refractivity contribution in [3.63, 3.8) is 0 Å². The summed E-state index contributed by atoms with van der Waals surface area (Å²) < 4.78 is 11.9. The number of carbonyl (C=O) groups excluding carboxylic acids is 3. The first-order chi connectivity index (χ1) is 16.9. The summed E-state index contributed by atoms with van der Waals surface area (Å²) in [6, 6.07) is 3.62. The Balaban J connectivity index is 1.52. The molecule has 5 rings (SSSR count). The summed E-state index contributed by atoms with van der Waals surface area (Å²) in [7, 11) is 0. The molecular weight excluding hydrogens is 470 g/mol. The summed E-state index contributed by atoms with van der Waals surface area (Å²) in [5, 5.41) is 43.1. The van der Waals surface area contributed by atoms with Crippen LogP contribution in [0.2, 0.25) is 0 Å². The molecule has 1 saturated carbocycles. The number of ketones is 3. The summed E-state index contributed by atoms with van der Waals surface area (Å²) in [5.41, 5.74) is 4.25. The summed E-state index contributed by atoms with van der Waals surface area (Å²) in [6.07, 6.45) is -4.63. The fourth-order valence-corrected chi connectivity index (χ4v) is 6.38. The van der Waals surface area contributed by atoms with Gasteiger partial charge in [-0.05, 0) is 38.7 Å². The van der Waals surface area contributed by atoms with Gasteiger partial charge in [0.25, 0.3) is 0 Å². The van der Waals surface area contributed by atoms with Crippen LogP contribution in [0, 0.1) is 11.8 Å². The Morgan fingerprint density at radius 3 is 2.58 bits per heavy atom. The topological polar surface area (TPSA) is 177 Å². The quantitative estimate of drug-likeness (QED) is 0.389. The standard InChI is InChI=1S/C26H31NO9/c1-10-22(30)15(27)7-18(35-10)36-17-9-26(34,11(2)28)8-12-6-14-21(24(32)19(12)17)25(33)20-13(23(14)31)4-3-5-16(20)29/h3-5,10,12,15,17-19,22,24,29-30,32,34H,6-9,27H2,1-2H3/t10?,12?,15?,17-,18?,19?,22?,24?,26-/m0/s1. The van der Waals surface area contributed by atoms with E-state index in [9.17, 15) is 34.8 Å². The molecule has 10 heteroatoms. The number of phenolic OH excluding ortho intramolecular Hbond substituents is 1. The van der Waals surface area contributed by atoms with Gasteiger partial charge in [0, 0.05) is 41.5 Å². The molecule has 7 unspecified atom stereocenters. The molecule has 0 bridgehead atoms. The first kappa shape index (κ1) is 25.2. The van der Waals surface area contributed by atoms with Crippen LogP contribution in [0.3, 0.4) is 0 Å². The van der Waals surface area contributed by atoms with Crippen LogP contribution in [0.5, 0.6) is 5.75 Å². The lowest BCUT2D eigenvalue weighted by Gasteiger charge is -2.51. The molecule has 10 nitrogen and oxygen atoms in total. The second-order valence-corrected chi connectivity index (χ2v) is 10.6. The third kappa shape index (κ3) is 3.84. The van der Waals surface area contributed by atoms with E-state index in [1.54, 1.807) is 6.92 Å². The fraction of sp³-hybridized carbons (Fsp3) is 0.577. The number of Topliss-reactive ketones (excluding diaryl/α,β-unsaturated/α-hetero) is 3. The number of allylic oxidation sites excluding steroid dienone is 1. The first-order valence-corrected chi connectivity index (χ1v) is 12.2. The van der Waals surface area contributed by atoms with E-state index in [0.29, 0.717) is 0 Å². The van der Waals surface area contributed by atoms with Gasteiger partial charge in [-0.25, -0.2) is 0 Å². The Kier molecular flexibility index (Phi) is 6.18. The van der Waals surface area contributed by atoms with Crippen LogP contribution in [-0.4, -0.2) is 80.1 Å². The van der Waals surface area contributed by atoms with Crippen molar-refractivity contribution in [2.75, 3.05) is 0 Å². The molecule has 9 atom stereocenters. The average Bonchev–Trinajstić information content (AvgIpc) is 2.80. The number of hydrogen-bond donors (Lipinski definition) is 5. The molecule has 1 heterocycles. The zero-order valence-electron chi connectivity index (χ0n) is 20.1. The van der Waals surface area contributed by atoms with Crippen LogP contribution in [0.4, 0.5) is 0 Å². The van der Waals surface area contributed by atoms with E-state index < -0.39 is 71.5 Å². The molecule has 1 aliphatic heterocycles. The van der Waals surface area contributed by atoms with Crippen molar-refractivity contribution in [1.29, 1.82) is 0 Å². The van der Waals surface area contributed by atoms with E-state index in [2.05, 4.69) is 0 Å². The summed E-state index contributed by atoms with van der Waals surface area (Å²) >= 11 is 0. The number of carbonyl (C=O) groups is 3. The Morgan fingerprint density at radius 1 is 1.19 bits per heavy atom. The number of aliphatic hydroxyl groups excluding tert-OH is 2. The Bertz CT molecular complexity index is 1150. The minimum absolute atomic E-state index is 0.00474. The van der Waals surface area contributed by atoms with Crippen molar-refractivity contribution in [2.45, 2.75) is 81.9 Å². The monoisotopic (exact) mass is 501 g/mol. The zero-order valence-corrected chi connectivity index (χ0v) is 20.1. The molecule has 1 aromatic carbocycles. The van der Waals surface area contributed by atoms with Crippen LogP contribution in [0.25, 0.3) is 0 Å². The molecule has 1 aromatic rings. The smallest absolute Gasteiger partial charge is 0.196 e. The Hall–Kier alpha value is -2.47. The van der Waals surface area contributed by atoms with E-state index in [-0.39, 0.29) is 53.7 Å². The number of ether oxygens (including phenoxy) is 2. The van der Waals surface area contributed by atoms with Gasteiger partial charge < -0.3 is 35.6 Å². The first-order valence-electron chi connectivity index (χ1n) is 12.2. The van der Waals surface area contributed by atoms with Crippen molar-refractivity contribution in [3.05, 3.63) is 40.5 Å². The molecule has 4 aliphatic rings. The van der Waals surface area contributed by atoms with Gasteiger partial charge in [-0.3, -0.25) is 14.4 Å². The molecule has 2 fully saturated rings. The maximum Gasteiger partial charge on any atom is 0.196 e. The Labute approximate surface area is 207 Å². The maximum absolute atomic E-state index is 13.4. The number of aliphatic hydroxyl groups is 3. The number of rotatable bonds is 3. The molecule has 0 aromatic heterocycles. The lowest BCUT2D eigenvalue weighted by molar-refractivity contribution is -0.265. The fourth-order valence-electron chi connectivity index (χ4n) is 6.38. The van der Waals surface area contributed by atoms with Crippen LogP contribution in [0.15, 0.2) is 29.3 Å². The second-order valence-electron chi connectivity index (χ2n) is 10.6. The maximum atomic E-state index is 13.4. The summed E-state index contributed by atoms with van der Waals surface area (Å²) in [4.78, 5) is 39.2. The minimum atomic E-state index is -1.75. The predicted molar refractivity (Wildman–Crippen MR) is 124 cm³/mol. The van der Waals surface area contributed by atoms with Gasteiger partial charge in [-0.2, -0.15) is 0 Å². The van der Waals surface area contributed by atoms with Gasteiger partial charge in [-0.15, -0.1) is 0 Å². The largest absolute Gasteiger partial charge is 0.507 e. The minimum Gasteiger partial charge on any atom is -0.507 e. The lowest BCUT2D eigenvalue weighted by Crippen LogP contribution is -2.59. The van der Waals surface area contributed by atoms with Gasteiger partial charge in [-0.1, -0.05) is 12.1 Å². The van der Waals surface area contributed by atoms with Gasteiger partial charge in [0.05, 0.1) is 30.0 Å². The predicted octanol–water partition coefficient (Wildman–Crippen LogP) is 0.387. The highest BCUT2D eigenvalue weighted by Crippen LogP contribution is 2.51. The second kappa shape index (κ2) is 8.83. The summed E-state index contributed by atoms with van der Waals surface area (Å²) in [5.74, 6) is -3.16. The highest BCUT2D eigenvalue weighted by atomic mass is 16.7. The van der Waals surface area contributed by atoms with Crippen LogP contribution >= 0.6 is 0 Å². The van der Waals surface area contributed by atoms with Crippen LogP contribution in [0.1, 0.15) is 60.2 Å². The van der Waals surface area contributed by atoms with Crippen LogP contribution in [-0.2, 0) is 14.3 Å². The number of benzene rings is 1. The van der Waals surface area contributed by atoms with Crippen molar-refractivity contribution in [3.8, 4) is 5.75 Å². The van der Waals surface area contributed by atoms with Crippen LogP contribution < -0.4 is 5.73 Å². The van der Waals surface area contributed by atoms with E-state index in [1.165, 1.54) is 25.1 Å². The molecule has 1 saturated heterocycles. The van der Waals surface area contributed by atoms with Gasteiger partial charge in [0.1, 0.15) is 11.4 Å². The number of aromatic hydroxyl groups is 1. The van der Waals surface area contributed by atoms with Crippen molar-refractivity contribution < 1.29 is 44.3 Å². The molecule has 36 heavy (non-hydrogen) atoms. The molecular formula is C26H31NO9. The molecule has 0 radical (unpaired) electrons. The number of fused-ring (bicyclic) bond motifs is 2. The molecule has 194 valence electrons. The molecule has 3 aliphatic carbocycles. The Morgan fingerprint density at radius 2 is 1.92 bits per heavy atom. The van der Waals surface area contributed by atoms with Gasteiger partial charge in [0.15, 0.2) is 23.6 Å². The molecule has 0 spiro atoms. The van der Waals surface area contributed by atoms with Crippen molar-refractivity contribution in [2.24, 2.45) is 17.6 Å².